The van der Waals surface area contributed by atoms with Crippen molar-refractivity contribution in [2.24, 2.45) is 10.7 Å². The van der Waals surface area contributed by atoms with Crippen molar-refractivity contribution in [1.29, 1.82) is 0 Å². The summed E-state index contributed by atoms with van der Waals surface area (Å²) in [5, 5.41) is 5.17. The quantitative estimate of drug-likeness (QED) is 0.591. The highest BCUT2D eigenvalue weighted by Crippen LogP contribution is 2.08. The van der Waals surface area contributed by atoms with Crippen LogP contribution in [0.4, 0.5) is 0 Å². The average molecular weight is 211 g/mol. The Morgan fingerprint density at radius 1 is 1.71 bits per heavy atom. The molecule has 0 spiro atoms. The first-order valence-corrected chi connectivity index (χ1v) is 5.69. The lowest BCUT2D eigenvalue weighted by Gasteiger charge is -2.11. The van der Waals surface area contributed by atoms with Gasteiger partial charge in [0.05, 0.1) is 6.54 Å². The zero-order valence-corrected chi connectivity index (χ0v) is 9.47. The van der Waals surface area contributed by atoms with Crippen LogP contribution in [0.15, 0.2) is 22.5 Å². The maximum Gasteiger partial charge on any atom is 0.189 e. The molecule has 14 heavy (non-hydrogen) atoms. The molecule has 1 atom stereocenters. The van der Waals surface area contributed by atoms with E-state index in [-0.39, 0.29) is 0 Å². The van der Waals surface area contributed by atoms with Crippen molar-refractivity contribution in [3.8, 4) is 0 Å². The predicted molar refractivity (Wildman–Crippen MR) is 62.5 cm³/mol. The molecule has 0 saturated carbocycles. The van der Waals surface area contributed by atoms with Crippen LogP contribution in [0, 0.1) is 0 Å². The van der Waals surface area contributed by atoms with E-state index in [9.17, 15) is 0 Å². The first kappa shape index (κ1) is 11.0. The Hall–Kier alpha value is -1.03. The number of rotatable bonds is 4. The van der Waals surface area contributed by atoms with Gasteiger partial charge in [-0.25, -0.2) is 4.99 Å². The maximum absolute atomic E-state index is 5.71. The second-order valence-electron chi connectivity index (χ2n) is 3.23. The third-order valence-corrected chi connectivity index (χ3v) is 2.85. The number of nitrogens with one attached hydrogen (secondary N) is 1. The van der Waals surface area contributed by atoms with Crippen molar-refractivity contribution < 1.29 is 0 Å². The number of nitrogens with two attached hydrogens (primary N) is 1. The van der Waals surface area contributed by atoms with Gasteiger partial charge in [-0.3, -0.25) is 0 Å². The molecule has 3 nitrogen and oxygen atoms in total. The summed E-state index contributed by atoms with van der Waals surface area (Å²) in [6.07, 6.45) is 1.05. The third kappa shape index (κ3) is 3.79. The van der Waals surface area contributed by atoms with Crippen molar-refractivity contribution in [3.05, 3.63) is 22.4 Å². The summed E-state index contributed by atoms with van der Waals surface area (Å²) in [5.74, 6) is 0.535. The van der Waals surface area contributed by atoms with Crippen molar-refractivity contribution in [3.63, 3.8) is 0 Å². The van der Waals surface area contributed by atoms with Crippen LogP contribution in [0.25, 0.3) is 0 Å². The predicted octanol–water partition coefficient (Wildman–Crippen LogP) is 1.95. The SMILES string of the molecule is CCC(C)NC(N)=NCc1cccs1. The van der Waals surface area contributed by atoms with Gasteiger partial charge in [-0.1, -0.05) is 13.0 Å². The molecule has 1 aromatic rings. The van der Waals surface area contributed by atoms with E-state index in [4.69, 9.17) is 5.73 Å². The summed E-state index contributed by atoms with van der Waals surface area (Å²) in [7, 11) is 0. The molecule has 0 fully saturated rings. The van der Waals surface area contributed by atoms with Crippen LogP contribution in [0.2, 0.25) is 0 Å². The lowest BCUT2D eigenvalue weighted by molar-refractivity contribution is 0.636. The molecule has 0 saturated heterocycles. The van der Waals surface area contributed by atoms with E-state index in [2.05, 4.69) is 30.2 Å². The smallest absolute Gasteiger partial charge is 0.189 e. The summed E-state index contributed by atoms with van der Waals surface area (Å²) in [4.78, 5) is 5.48. The highest BCUT2D eigenvalue weighted by molar-refractivity contribution is 7.09. The number of hydrogen-bond donors (Lipinski definition) is 2. The summed E-state index contributed by atoms with van der Waals surface area (Å²) in [6.45, 7) is 4.88. The second kappa shape index (κ2) is 5.65. The van der Waals surface area contributed by atoms with Crippen LogP contribution in [-0.2, 0) is 6.54 Å². The molecular weight excluding hydrogens is 194 g/mol. The second-order valence-corrected chi connectivity index (χ2v) is 4.27. The van der Waals surface area contributed by atoms with E-state index in [1.54, 1.807) is 11.3 Å². The third-order valence-electron chi connectivity index (χ3n) is 1.99. The fourth-order valence-corrected chi connectivity index (χ4v) is 1.59. The van der Waals surface area contributed by atoms with Crippen molar-refractivity contribution in [1.82, 2.24) is 5.32 Å². The van der Waals surface area contributed by atoms with Crippen LogP contribution in [-0.4, -0.2) is 12.0 Å². The van der Waals surface area contributed by atoms with Gasteiger partial charge in [0.2, 0.25) is 0 Å². The summed E-state index contributed by atoms with van der Waals surface area (Å²) in [5.41, 5.74) is 5.71. The maximum atomic E-state index is 5.71. The first-order chi connectivity index (χ1) is 6.72. The lowest BCUT2D eigenvalue weighted by atomic mass is 10.3. The van der Waals surface area contributed by atoms with Gasteiger partial charge in [0.25, 0.3) is 0 Å². The Balaban J connectivity index is 2.37. The van der Waals surface area contributed by atoms with E-state index in [1.165, 1.54) is 4.88 Å². The van der Waals surface area contributed by atoms with Gasteiger partial charge in [0.15, 0.2) is 5.96 Å². The van der Waals surface area contributed by atoms with E-state index < -0.39 is 0 Å². The van der Waals surface area contributed by atoms with Crippen LogP contribution in [0.3, 0.4) is 0 Å². The molecule has 0 amide bonds. The topological polar surface area (TPSA) is 50.4 Å². The molecule has 0 aliphatic heterocycles. The summed E-state index contributed by atoms with van der Waals surface area (Å²) < 4.78 is 0. The minimum Gasteiger partial charge on any atom is -0.370 e. The van der Waals surface area contributed by atoms with E-state index >= 15 is 0 Å². The molecule has 0 radical (unpaired) electrons. The number of nitrogens with zero attached hydrogens (tertiary/aromatic N) is 1. The Morgan fingerprint density at radius 3 is 3.07 bits per heavy atom. The number of guanidine groups is 1. The van der Waals surface area contributed by atoms with Gasteiger partial charge in [-0.15, -0.1) is 11.3 Å². The minimum atomic E-state index is 0.391. The van der Waals surface area contributed by atoms with Crippen LogP contribution in [0.5, 0.6) is 0 Å². The van der Waals surface area contributed by atoms with E-state index in [1.807, 2.05) is 11.4 Å². The van der Waals surface area contributed by atoms with Gasteiger partial charge < -0.3 is 11.1 Å². The van der Waals surface area contributed by atoms with Gasteiger partial charge in [-0.05, 0) is 24.8 Å². The first-order valence-electron chi connectivity index (χ1n) is 4.81. The standard InChI is InChI=1S/C10H17N3S/c1-3-8(2)13-10(11)12-7-9-5-4-6-14-9/h4-6,8H,3,7H2,1-2H3,(H3,11,12,13). The average Bonchev–Trinajstić information content (AvgIpc) is 2.67. The Labute approximate surface area is 89.0 Å². The Kier molecular flexibility index (Phi) is 4.46. The largest absolute Gasteiger partial charge is 0.370 e. The van der Waals surface area contributed by atoms with Gasteiger partial charge in [0, 0.05) is 10.9 Å². The molecule has 1 heterocycles. The normalized spacial score (nSPS) is 14.0. The van der Waals surface area contributed by atoms with Gasteiger partial charge in [-0.2, -0.15) is 0 Å². The monoisotopic (exact) mass is 211 g/mol. The van der Waals surface area contributed by atoms with E-state index in [0.29, 0.717) is 18.5 Å². The number of thiophene rings is 1. The minimum absolute atomic E-state index is 0.391. The molecule has 4 heteroatoms. The molecule has 1 rings (SSSR count). The molecular formula is C10H17N3S. The fraction of sp³-hybridized carbons (Fsp3) is 0.500. The van der Waals surface area contributed by atoms with Crippen LogP contribution >= 0.6 is 11.3 Å². The van der Waals surface area contributed by atoms with Crippen molar-refractivity contribution >= 4 is 17.3 Å². The van der Waals surface area contributed by atoms with Gasteiger partial charge in [0.1, 0.15) is 0 Å². The molecule has 1 aromatic heterocycles. The van der Waals surface area contributed by atoms with Crippen molar-refractivity contribution in [2.75, 3.05) is 0 Å². The Bertz CT molecular complexity index is 280. The number of aliphatic imine (C=N–C) groups is 1. The molecule has 0 aromatic carbocycles. The summed E-state index contributed by atoms with van der Waals surface area (Å²) in [6, 6.07) is 4.47. The van der Waals surface area contributed by atoms with Crippen LogP contribution in [0.1, 0.15) is 25.1 Å². The van der Waals surface area contributed by atoms with Gasteiger partial charge >= 0.3 is 0 Å². The molecule has 3 N–H and O–H groups in total. The highest BCUT2D eigenvalue weighted by Gasteiger charge is 1.98. The molecule has 78 valence electrons. The zero-order valence-electron chi connectivity index (χ0n) is 8.66. The fourth-order valence-electron chi connectivity index (χ4n) is 0.966. The molecule has 1 unspecified atom stereocenters. The van der Waals surface area contributed by atoms with Crippen molar-refractivity contribution in [2.45, 2.75) is 32.9 Å². The lowest BCUT2D eigenvalue weighted by Crippen LogP contribution is -2.37. The van der Waals surface area contributed by atoms with Crippen LogP contribution < -0.4 is 11.1 Å². The summed E-state index contributed by atoms with van der Waals surface area (Å²) >= 11 is 1.70. The molecule has 0 aliphatic carbocycles. The molecule has 0 bridgehead atoms. The number of hydrogen-bond acceptors (Lipinski definition) is 2. The Morgan fingerprint density at radius 2 is 2.50 bits per heavy atom. The highest BCUT2D eigenvalue weighted by atomic mass is 32.1. The molecule has 0 aliphatic rings. The van der Waals surface area contributed by atoms with E-state index in [0.717, 1.165) is 6.42 Å². The zero-order chi connectivity index (χ0) is 10.4.